The Bertz CT molecular complexity index is 832. The lowest BCUT2D eigenvalue weighted by molar-refractivity contribution is 0.107. The van der Waals surface area contributed by atoms with Crippen LogP contribution in [0.5, 0.6) is 0 Å². The molecule has 3 aromatic carbocycles. The highest BCUT2D eigenvalue weighted by molar-refractivity contribution is 6.62. The molecular formula is C20H15BO2. The van der Waals surface area contributed by atoms with Crippen LogP contribution >= 0.6 is 0 Å². The normalized spacial score (nSPS) is 10.3. The summed E-state index contributed by atoms with van der Waals surface area (Å²) >= 11 is 0. The molecule has 0 saturated heterocycles. The summed E-state index contributed by atoms with van der Waals surface area (Å²) in [6.45, 7) is 0. The number of rotatable bonds is 4. The lowest BCUT2D eigenvalue weighted by Crippen LogP contribution is -1.96. The van der Waals surface area contributed by atoms with Crippen LogP contribution in [0.2, 0.25) is 0 Å². The maximum atomic E-state index is 11.3. The number of carbonyl (C=O) groups is 2. The molecule has 0 bridgehead atoms. The summed E-state index contributed by atoms with van der Waals surface area (Å²) in [4.78, 5) is 22.0. The molecule has 0 atom stereocenters. The van der Waals surface area contributed by atoms with E-state index in [1.54, 1.807) is 7.85 Å². The third kappa shape index (κ3) is 3.29. The van der Waals surface area contributed by atoms with Crippen LogP contribution in [0.4, 0.5) is 0 Å². The van der Waals surface area contributed by atoms with Crippen LogP contribution in [-0.2, 0) is 0 Å². The van der Waals surface area contributed by atoms with Crippen molar-refractivity contribution in [1.29, 1.82) is 0 Å². The van der Waals surface area contributed by atoms with Gasteiger partial charge >= 0.3 is 0 Å². The van der Waals surface area contributed by atoms with E-state index in [1.807, 2.05) is 48.5 Å². The Morgan fingerprint density at radius 1 is 0.652 bits per heavy atom. The van der Waals surface area contributed by atoms with Crippen molar-refractivity contribution >= 4 is 19.8 Å². The van der Waals surface area contributed by atoms with E-state index in [0.29, 0.717) is 5.56 Å². The zero-order valence-electron chi connectivity index (χ0n) is 12.8. The van der Waals surface area contributed by atoms with Gasteiger partial charge in [-0.25, -0.2) is 0 Å². The van der Waals surface area contributed by atoms with Crippen molar-refractivity contribution in [2.75, 3.05) is 0 Å². The molecule has 0 aliphatic rings. The van der Waals surface area contributed by atoms with E-state index in [4.69, 9.17) is 0 Å². The van der Waals surface area contributed by atoms with E-state index < -0.39 is 0 Å². The third-order valence-corrected chi connectivity index (χ3v) is 3.89. The molecule has 110 valence electrons. The molecule has 0 heterocycles. The number of aldehydes is 1. The first-order chi connectivity index (χ1) is 11.2. The van der Waals surface area contributed by atoms with E-state index in [0.717, 1.165) is 34.1 Å². The van der Waals surface area contributed by atoms with E-state index in [9.17, 15) is 9.59 Å². The number of hydrogen-bond acceptors (Lipinski definition) is 2. The minimum Gasteiger partial charge on any atom is -0.307 e. The Morgan fingerprint density at radius 3 is 1.35 bits per heavy atom. The summed E-state index contributed by atoms with van der Waals surface area (Å²) in [7, 11) is 1.57. The quantitative estimate of drug-likeness (QED) is 0.544. The smallest absolute Gasteiger partial charge is 0.193 e. The summed E-state index contributed by atoms with van der Waals surface area (Å²) in [5.74, 6) is 0. The zero-order valence-corrected chi connectivity index (χ0v) is 12.8. The van der Waals surface area contributed by atoms with Gasteiger partial charge in [0.2, 0.25) is 0 Å². The van der Waals surface area contributed by atoms with Gasteiger partial charge in [0, 0.05) is 11.1 Å². The summed E-state index contributed by atoms with van der Waals surface area (Å²) in [6.07, 6.45) is 0.845. The summed E-state index contributed by atoms with van der Waals surface area (Å²) in [5.41, 5.74) is 5.84. The molecule has 0 radical (unpaired) electrons. The first kappa shape index (κ1) is 15.0. The fraction of sp³-hybridized carbons (Fsp3) is 0. The van der Waals surface area contributed by atoms with Gasteiger partial charge in [0.1, 0.15) is 12.0 Å². The van der Waals surface area contributed by atoms with Crippen molar-refractivity contribution < 1.29 is 9.59 Å². The van der Waals surface area contributed by atoms with Crippen LogP contribution in [0.3, 0.4) is 0 Å². The van der Waals surface area contributed by atoms with Crippen LogP contribution in [0.25, 0.3) is 22.3 Å². The Kier molecular flexibility index (Phi) is 4.20. The third-order valence-electron chi connectivity index (χ3n) is 3.89. The van der Waals surface area contributed by atoms with Crippen molar-refractivity contribution in [1.82, 2.24) is 0 Å². The summed E-state index contributed by atoms with van der Waals surface area (Å²) in [5, 5.41) is 0. The number of hydrogen-bond donors (Lipinski definition) is 0. The van der Waals surface area contributed by atoms with E-state index in [1.165, 1.54) is 0 Å². The van der Waals surface area contributed by atoms with Gasteiger partial charge in [0.15, 0.2) is 7.85 Å². The second kappa shape index (κ2) is 6.45. The molecule has 3 rings (SSSR count). The van der Waals surface area contributed by atoms with Crippen LogP contribution in [0, 0.1) is 0 Å². The average Bonchev–Trinajstić information content (AvgIpc) is 2.62. The van der Waals surface area contributed by atoms with Crippen LogP contribution in [0.15, 0.2) is 72.8 Å². The average molecular weight is 298 g/mol. The molecule has 0 unspecified atom stereocenters. The molecule has 0 amide bonds. The Labute approximate surface area is 136 Å². The molecule has 3 heteroatoms. The van der Waals surface area contributed by atoms with Gasteiger partial charge in [-0.3, -0.25) is 4.79 Å². The molecule has 0 fully saturated rings. The van der Waals surface area contributed by atoms with Gasteiger partial charge in [0.25, 0.3) is 0 Å². The van der Waals surface area contributed by atoms with E-state index >= 15 is 0 Å². The largest absolute Gasteiger partial charge is 0.307 e. The van der Waals surface area contributed by atoms with Gasteiger partial charge in [-0.2, -0.15) is 0 Å². The highest BCUT2D eigenvalue weighted by Crippen LogP contribution is 2.25. The molecule has 2 nitrogen and oxygen atoms in total. The van der Waals surface area contributed by atoms with Crippen LogP contribution in [-0.4, -0.2) is 19.8 Å². The van der Waals surface area contributed by atoms with Crippen LogP contribution < -0.4 is 0 Å². The van der Waals surface area contributed by atoms with Gasteiger partial charge in [-0.05, 0) is 22.3 Å². The van der Waals surface area contributed by atoms with E-state index in [-0.39, 0.29) is 5.68 Å². The topological polar surface area (TPSA) is 34.1 Å². The summed E-state index contributed by atoms with van der Waals surface area (Å²) < 4.78 is 0. The minimum absolute atomic E-state index is 0.0747. The highest BCUT2D eigenvalue weighted by Gasteiger charge is 2.02. The fourth-order valence-corrected chi connectivity index (χ4v) is 2.51. The second-order valence-corrected chi connectivity index (χ2v) is 5.45. The molecule has 23 heavy (non-hydrogen) atoms. The van der Waals surface area contributed by atoms with Gasteiger partial charge in [-0.1, -0.05) is 72.8 Å². The minimum atomic E-state index is 0.0747. The van der Waals surface area contributed by atoms with Crippen LogP contribution in [0.1, 0.15) is 20.7 Å². The lowest BCUT2D eigenvalue weighted by Gasteiger charge is -2.06. The van der Waals surface area contributed by atoms with E-state index in [2.05, 4.69) is 24.3 Å². The summed E-state index contributed by atoms with van der Waals surface area (Å²) in [6, 6.07) is 23.4. The number of carbonyl (C=O) groups excluding carboxylic acids is 2. The van der Waals surface area contributed by atoms with Crippen molar-refractivity contribution in [3.63, 3.8) is 0 Å². The molecule has 0 aliphatic heterocycles. The second-order valence-electron chi connectivity index (χ2n) is 5.45. The number of benzene rings is 3. The molecule has 3 aromatic rings. The van der Waals surface area contributed by atoms with Gasteiger partial charge < -0.3 is 4.79 Å². The highest BCUT2D eigenvalue weighted by atomic mass is 16.1. The SMILES string of the molecule is BC(=O)c1ccc(-c2ccc(-c3ccc(C=O)cc3)cc2)cc1. The first-order valence-corrected chi connectivity index (χ1v) is 7.44. The van der Waals surface area contributed by atoms with Crippen molar-refractivity contribution in [3.8, 4) is 22.3 Å². The Balaban J connectivity index is 1.86. The predicted molar refractivity (Wildman–Crippen MR) is 95.6 cm³/mol. The maximum Gasteiger partial charge on any atom is 0.193 e. The molecular weight excluding hydrogens is 283 g/mol. The molecule has 0 aliphatic carbocycles. The predicted octanol–water partition coefficient (Wildman–Crippen LogP) is 3.61. The zero-order chi connectivity index (χ0) is 16.2. The van der Waals surface area contributed by atoms with Gasteiger partial charge in [0.05, 0.1) is 0 Å². The Morgan fingerprint density at radius 2 is 1.00 bits per heavy atom. The van der Waals surface area contributed by atoms with Crippen molar-refractivity contribution in [3.05, 3.63) is 83.9 Å². The Hall–Kier alpha value is -2.94. The van der Waals surface area contributed by atoms with Crippen molar-refractivity contribution in [2.45, 2.75) is 0 Å². The maximum absolute atomic E-state index is 11.3. The fourth-order valence-electron chi connectivity index (χ4n) is 2.51. The molecule has 0 N–H and O–H groups in total. The monoisotopic (exact) mass is 298 g/mol. The first-order valence-electron chi connectivity index (χ1n) is 7.44. The molecule has 0 aromatic heterocycles. The molecule has 0 spiro atoms. The molecule has 0 saturated carbocycles. The standard InChI is InChI=1S/C20H15BO2/c21-20(23)19-11-9-18(10-12-19)17-7-5-16(6-8-17)15-3-1-14(13-22)2-4-15/h1-13H,21H2. The lowest BCUT2D eigenvalue weighted by atomic mass is 9.93. The van der Waals surface area contributed by atoms with Gasteiger partial charge in [-0.15, -0.1) is 0 Å². The van der Waals surface area contributed by atoms with Crippen molar-refractivity contribution in [2.24, 2.45) is 0 Å².